The fraction of sp³-hybridized carbons (Fsp3) is 0.900. The largest absolute Gasteiger partial charge is 0.341 e. The molecule has 1 N–H and O–H groups in total. The molecule has 0 saturated carbocycles. The van der Waals surface area contributed by atoms with Crippen LogP contribution in [0.2, 0.25) is 0 Å². The van der Waals surface area contributed by atoms with E-state index in [1.165, 1.54) is 6.42 Å². The highest BCUT2D eigenvalue weighted by Gasteiger charge is 2.31. The summed E-state index contributed by atoms with van der Waals surface area (Å²) in [5.74, 6) is 1.41. The van der Waals surface area contributed by atoms with E-state index in [4.69, 9.17) is 0 Å². The van der Waals surface area contributed by atoms with Gasteiger partial charge in [0.05, 0.1) is 12.6 Å². The average Bonchev–Trinajstić information content (AvgIpc) is 2.63. The first kappa shape index (κ1) is 21.2. The number of rotatable bonds is 8. The number of amides is 2. The minimum Gasteiger partial charge on any atom is -0.341 e. The van der Waals surface area contributed by atoms with Crippen LogP contribution in [-0.2, 0) is 9.59 Å². The van der Waals surface area contributed by atoms with Gasteiger partial charge in [-0.3, -0.25) is 9.59 Å². The number of hydrogen-bond acceptors (Lipinski definition) is 4. The van der Waals surface area contributed by atoms with Crippen LogP contribution in [0.15, 0.2) is 0 Å². The lowest BCUT2D eigenvalue weighted by atomic mass is 9.93. The zero-order valence-corrected chi connectivity index (χ0v) is 17.2. The quantitative estimate of drug-likeness (QED) is 0.706. The van der Waals surface area contributed by atoms with Crippen molar-refractivity contribution in [2.75, 3.05) is 52.9 Å². The molecule has 150 valence electrons. The number of nitrogens with zero attached hydrogens (tertiary/aromatic N) is 3. The summed E-state index contributed by atoms with van der Waals surface area (Å²) in [4.78, 5) is 31.3. The molecule has 2 saturated heterocycles. The molecule has 26 heavy (non-hydrogen) atoms. The molecule has 2 amide bonds. The Balaban J connectivity index is 1.75. The van der Waals surface area contributed by atoms with Crippen LogP contribution in [0, 0.1) is 11.8 Å². The van der Waals surface area contributed by atoms with Crippen molar-refractivity contribution in [1.82, 2.24) is 20.0 Å². The molecule has 0 spiro atoms. The molecule has 2 heterocycles. The number of piperazine rings is 1. The van der Waals surface area contributed by atoms with Gasteiger partial charge in [-0.1, -0.05) is 20.8 Å². The lowest BCUT2D eigenvalue weighted by molar-refractivity contribution is -0.144. The Morgan fingerprint density at radius 3 is 2.58 bits per heavy atom. The van der Waals surface area contributed by atoms with E-state index in [-0.39, 0.29) is 24.4 Å². The summed E-state index contributed by atoms with van der Waals surface area (Å²) in [6, 6.07) is -0.127. The Labute approximate surface area is 159 Å². The molecular weight excluding hydrogens is 328 g/mol. The van der Waals surface area contributed by atoms with E-state index < -0.39 is 0 Å². The van der Waals surface area contributed by atoms with Crippen LogP contribution < -0.4 is 5.32 Å². The molecule has 0 aliphatic carbocycles. The maximum Gasteiger partial charge on any atom is 0.242 e. The van der Waals surface area contributed by atoms with Crippen molar-refractivity contribution < 1.29 is 9.59 Å². The summed E-state index contributed by atoms with van der Waals surface area (Å²) in [6.07, 6.45) is 4.24. The van der Waals surface area contributed by atoms with Crippen LogP contribution in [0.3, 0.4) is 0 Å². The van der Waals surface area contributed by atoms with Gasteiger partial charge < -0.3 is 20.0 Å². The normalized spacial score (nSPS) is 22.5. The number of nitrogens with one attached hydrogen (secondary N) is 1. The number of carbonyl (C=O) groups excluding carboxylic acids is 2. The van der Waals surface area contributed by atoms with Gasteiger partial charge in [0.1, 0.15) is 0 Å². The SMILES string of the molecule is CCN(C)CCC1CCN(C(=O)CN2CCNC(CC(C)C)C2=O)CC1. The van der Waals surface area contributed by atoms with E-state index in [2.05, 4.69) is 38.0 Å². The zero-order chi connectivity index (χ0) is 19.1. The molecule has 0 aromatic rings. The van der Waals surface area contributed by atoms with Gasteiger partial charge in [-0.15, -0.1) is 0 Å². The number of carbonyl (C=O) groups is 2. The van der Waals surface area contributed by atoms with Crippen molar-refractivity contribution >= 4 is 11.8 Å². The summed E-state index contributed by atoms with van der Waals surface area (Å²) in [5, 5.41) is 3.30. The fourth-order valence-corrected chi connectivity index (χ4v) is 3.90. The Bertz CT molecular complexity index is 461. The van der Waals surface area contributed by atoms with Gasteiger partial charge in [0.25, 0.3) is 0 Å². The first-order valence-corrected chi connectivity index (χ1v) is 10.4. The zero-order valence-electron chi connectivity index (χ0n) is 17.2. The van der Waals surface area contributed by atoms with Crippen molar-refractivity contribution in [2.24, 2.45) is 11.8 Å². The lowest BCUT2D eigenvalue weighted by Crippen LogP contribution is -2.57. The van der Waals surface area contributed by atoms with Crippen molar-refractivity contribution in [3.8, 4) is 0 Å². The van der Waals surface area contributed by atoms with Crippen LogP contribution in [0.25, 0.3) is 0 Å². The van der Waals surface area contributed by atoms with Gasteiger partial charge in [-0.05, 0) is 57.7 Å². The maximum absolute atomic E-state index is 12.7. The Hall–Kier alpha value is -1.14. The van der Waals surface area contributed by atoms with Crippen LogP contribution in [0.1, 0.15) is 46.5 Å². The molecule has 2 aliphatic rings. The molecule has 6 heteroatoms. The highest BCUT2D eigenvalue weighted by molar-refractivity contribution is 5.88. The third-order valence-corrected chi connectivity index (χ3v) is 5.84. The van der Waals surface area contributed by atoms with Crippen molar-refractivity contribution in [2.45, 2.75) is 52.5 Å². The molecule has 0 radical (unpaired) electrons. The number of likely N-dealkylation sites (tertiary alicyclic amines) is 1. The van der Waals surface area contributed by atoms with Gasteiger partial charge >= 0.3 is 0 Å². The van der Waals surface area contributed by atoms with Gasteiger partial charge in [0, 0.05) is 26.2 Å². The molecule has 0 aromatic heterocycles. The number of piperidine rings is 1. The molecule has 1 atom stereocenters. The second kappa shape index (κ2) is 10.3. The van der Waals surface area contributed by atoms with Gasteiger partial charge in [-0.25, -0.2) is 0 Å². The van der Waals surface area contributed by atoms with Crippen molar-refractivity contribution in [3.63, 3.8) is 0 Å². The molecular formula is C20H38N4O2. The summed E-state index contributed by atoms with van der Waals surface area (Å²) >= 11 is 0. The minimum atomic E-state index is -0.127. The predicted molar refractivity (Wildman–Crippen MR) is 105 cm³/mol. The molecule has 2 fully saturated rings. The maximum atomic E-state index is 12.7. The van der Waals surface area contributed by atoms with Crippen LogP contribution in [0.4, 0.5) is 0 Å². The second-order valence-corrected chi connectivity index (χ2v) is 8.40. The first-order valence-electron chi connectivity index (χ1n) is 10.4. The molecule has 2 aliphatic heterocycles. The Kier molecular flexibility index (Phi) is 8.35. The summed E-state index contributed by atoms with van der Waals surface area (Å²) in [5.41, 5.74) is 0. The molecule has 2 rings (SSSR count). The standard InChI is InChI=1S/C20H38N4O2/c1-5-22(4)10-6-17-7-11-23(12-8-17)19(25)15-24-13-9-21-18(20(24)26)14-16(2)3/h16-18,21H,5-15H2,1-4H3. The van der Waals surface area contributed by atoms with Crippen LogP contribution in [0.5, 0.6) is 0 Å². The van der Waals surface area contributed by atoms with Gasteiger partial charge in [0.15, 0.2) is 0 Å². The van der Waals surface area contributed by atoms with E-state index in [9.17, 15) is 9.59 Å². The Morgan fingerprint density at radius 2 is 1.96 bits per heavy atom. The third-order valence-electron chi connectivity index (χ3n) is 5.84. The third kappa shape index (κ3) is 6.23. The average molecular weight is 367 g/mol. The predicted octanol–water partition coefficient (Wildman–Crippen LogP) is 1.41. The second-order valence-electron chi connectivity index (χ2n) is 8.40. The fourth-order valence-electron chi connectivity index (χ4n) is 3.90. The molecule has 0 bridgehead atoms. The van der Waals surface area contributed by atoms with Gasteiger partial charge in [0.2, 0.25) is 11.8 Å². The molecule has 1 unspecified atom stereocenters. The first-order chi connectivity index (χ1) is 12.4. The van der Waals surface area contributed by atoms with Gasteiger partial charge in [-0.2, -0.15) is 0 Å². The van der Waals surface area contributed by atoms with Crippen molar-refractivity contribution in [1.29, 1.82) is 0 Å². The van der Waals surface area contributed by atoms with E-state index in [1.807, 2.05) is 4.90 Å². The highest BCUT2D eigenvalue weighted by atomic mass is 16.2. The summed E-state index contributed by atoms with van der Waals surface area (Å²) in [6.45, 7) is 12.0. The monoisotopic (exact) mass is 366 g/mol. The van der Waals surface area contributed by atoms with Crippen LogP contribution >= 0.6 is 0 Å². The summed E-state index contributed by atoms with van der Waals surface area (Å²) in [7, 11) is 2.16. The summed E-state index contributed by atoms with van der Waals surface area (Å²) < 4.78 is 0. The molecule has 0 aromatic carbocycles. The van der Waals surface area contributed by atoms with E-state index in [0.29, 0.717) is 12.5 Å². The van der Waals surface area contributed by atoms with E-state index >= 15 is 0 Å². The minimum absolute atomic E-state index is 0.0933. The Morgan fingerprint density at radius 1 is 1.27 bits per heavy atom. The highest BCUT2D eigenvalue weighted by Crippen LogP contribution is 2.21. The topological polar surface area (TPSA) is 55.9 Å². The van der Waals surface area contributed by atoms with Crippen LogP contribution in [-0.4, -0.2) is 85.4 Å². The van der Waals surface area contributed by atoms with Crippen molar-refractivity contribution in [3.05, 3.63) is 0 Å². The van der Waals surface area contributed by atoms with E-state index in [1.54, 1.807) is 4.90 Å². The van der Waals surface area contributed by atoms with E-state index in [0.717, 1.165) is 57.9 Å². The number of hydrogen-bond donors (Lipinski definition) is 1. The lowest BCUT2D eigenvalue weighted by Gasteiger charge is -2.37. The molecule has 6 nitrogen and oxygen atoms in total. The smallest absolute Gasteiger partial charge is 0.242 e.